The minimum atomic E-state index is 0.0270. The van der Waals surface area contributed by atoms with Gasteiger partial charge in [0.05, 0.1) is 11.6 Å². The monoisotopic (exact) mass is 309 g/mol. The Kier molecular flexibility index (Phi) is 3.77. The summed E-state index contributed by atoms with van der Waals surface area (Å²) in [4.78, 5) is 16.8. The van der Waals surface area contributed by atoms with Gasteiger partial charge in [-0.15, -0.1) is 0 Å². The van der Waals surface area contributed by atoms with E-state index in [0.717, 1.165) is 18.5 Å². The number of fused-ring (bicyclic) bond motifs is 1. The van der Waals surface area contributed by atoms with E-state index < -0.39 is 0 Å². The summed E-state index contributed by atoms with van der Waals surface area (Å²) >= 11 is 0. The van der Waals surface area contributed by atoms with Crippen LogP contribution in [0.1, 0.15) is 31.2 Å². The molecule has 23 heavy (non-hydrogen) atoms. The summed E-state index contributed by atoms with van der Waals surface area (Å²) in [6.07, 6.45) is 7.64. The maximum atomic E-state index is 12.5. The topological polar surface area (TPSA) is 54.0 Å². The molecule has 2 aliphatic rings. The number of para-hydroxylation sites is 1. The average molecular weight is 309 g/mol. The van der Waals surface area contributed by atoms with Crippen LogP contribution in [0.4, 0.5) is 0 Å². The Balaban J connectivity index is 1.37. The first-order valence-corrected chi connectivity index (χ1v) is 8.62. The number of rotatable bonds is 4. The van der Waals surface area contributed by atoms with Gasteiger partial charge >= 0.3 is 0 Å². The van der Waals surface area contributed by atoms with Crippen LogP contribution >= 0.6 is 0 Å². The lowest BCUT2D eigenvalue weighted by molar-refractivity contribution is -0.130. The fourth-order valence-corrected chi connectivity index (χ4v) is 4.20. The molecule has 1 spiro atoms. The van der Waals surface area contributed by atoms with Gasteiger partial charge in [-0.3, -0.25) is 9.78 Å². The highest BCUT2D eigenvalue weighted by Crippen LogP contribution is 2.45. The van der Waals surface area contributed by atoms with Crippen molar-refractivity contribution in [3.8, 4) is 0 Å². The number of pyridine rings is 1. The Labute approximate surface area is 136 Å². The van der Waals surface area contributed by atoms with E-state index in [1.807, 2.05) is 24.4 Å². The van der Waals surface area contributed by atoms with E-state index in [1.54, 1.807) is 0 Å². The van der Waals surface area contributed by atoms with Gasteiger partial charge in [0.1, 0.15) is 0 Å². The normalized spacial score (nSPS) is 22.2. The van der Waals surface area contributed by atoms with E-state index in [9.17, 15) is 4.79 Å². The molecule has 120 valence electrons. The summed E-state index contributed by atoms with van der Waals surface area (Å²) in [5.74, 6) is 0.177. The lowest BCUT2D eigenvalue weighted by atomic mass is 9.71. The van der Waals surface area contributed by atoms with Crippen molar-refractivity contribution in [3.63, 3.8) is 0 Å². The second kappa shape index (κ2) is 5.93. The van der Waals surface area contributed by atoms with E-state index in [1.165, 1.54) is 36.6 Å². The molecule has 4 rings (SSSR count). The minimum absolute atomic E-state index is 0.0270. The average Bonchev–Trinajstić information content (AvgIpc) is 3.06. The number of nitrogens with one attached hydrogen (secondary N) is 2. The molecule has 0 bridgehead atoms. The molecule has 0 radical (unpaired) electrons. The van der Waals surface area contributed by atoms with Crippen LogP contribution in [0.3, 0.4) is 0 Å². The molecule has 4 heteroatoms. The molecule has 1 amide bonds. The van der Waals surface area contributed by atoms with Gasteiger partial charge in [0.15, 0.2) is 0 Å². The summed E-state index contributed by atoms with van der Waals surface area (Å²) in [5.41, 5.74) is 2.52. The number of nitrogens with zero attached hydrogens (tertiary/aromatic N) is 1. The zero-order valence-corrected chi connectivity index (χ0v) is 13.3. The van der Waals surface area contributed by atoms with Crippen LogP contribution in [0.5, 0.6) is 0 Å². The predicted octanol–water partition coefficient (Wildman–Crippen LogP) is 2.43. The summed E-state index contributed by atoms with van der Waals surface area (Å²) in [5, 5.41) is 7.64. The molecule has 2 heterocycles. The predicted molar refractivity (Wildman–Crippen MR) is 91.1 cm³/mol. The maximum absolute atomic E-state index is 12.5. The third kappa shape index (κ3) is 2.61. The van der Waals surface area contributed by atoms with Crippen molar-refractivity contribution in [1.29, 1.82) is 0 Å². The molecular weight excluding hydrogens is 286 g/mol. The van der Waals surface area contributed by atoms with Crippen molar-refractivity contribution in [2.45, 2.75) is 38.1 Å². The Morgan fingerprint density at radius 2 is 2.09 bits per heavy atom. The van der Waals surface area contributed by atoms with Gasteiger partial charge in [0.25, 0.3) is 0 Å². The fourth-order valence-electron chi connectivity index (χ4n) is 4.20. The number of hydrogen-bond acceptors (Lipinski definition) is 3. The maximum Gasteiger partial charge on any atom is 0.237 e. The van der Waals surface area contributed by atoms with Crippen molar-refractivity contribution >= 4 is 16.8 Å². The highest BCUT2D eigenvalue weighted by molar-refractivity contribution is 5.84. The van der Waals surface area contributed by atoms with Gasteiger partial charge in [-0.05, 0) is 37.0 Å². The first-order chi connectivity index (χ1) is 11.3. The summed E-state index contributed by atoms with van der Waals surface area (Å²) in [7, 11) is 0. The highest BCUT2D eigenvalue weighted by atomic mass is 16.2. The van der Waals surface area contributed by atoms with Crippen LogP contribution in [0, 0.1) is 5.41 Å². The van der Waals surface area contributed by atoms with Gasteiger partial charge < -0.3 is 10.6 Å². The van der Waals surface area contributed by atoms with Crippen LogP contribution in [0.15, 0.2) is 36.5 Å². The lowest BCUT2D eigenvalue weighted by Gasteiger charge is -2.47. The largest absolute Gasteiger partial charge is 0.354 e. The molecule has 1 unspecified atom stereocenters. The number of aromatic nitrogens is 1. The molecule has 2 N–H and O–H groups in total. The molecule has 1 aliphatic carbocycles. The molecule has 2 aromatic rings. The molecule has 2 fully saturated rings. The molecule has 1 aromatic heterocycles. The van der Waals surface area contributed by atoms with Crippen molar-refractivity contribution in [3.05, 3.63) is 42.1 Å². The van der Waals surface area contributed by atoms with Gasteiger partial charge in [0.2, 0.25) is 5.91 Å². The lowest BCUT2D eigenvalue weighted by Crippen LogP contribution is -2.67. The molecule has 1 saturated carbocycles. The number of benzene rings is 1. The minimum Gasteiger partial charge on any atom is -0.354 e. The standard InChI is InChI=1S/C19H23N3O/c23-18(17-19(13-22-17)9-3-4-10-19)21-12-8-14-7-11-20-16-6-2-1-5-15(14)16/h1-2,5-7,11,17,22H,3-4,8-10,12-13H2,(H,21,23). The number of carbonyl (C=O) groups is 1. The summed E-state index contributed by atoms with van der Waals surface area (Å²) in [6, 6.07) is 10.2. The molecule has 1 aromatic carbocycles. The van der Waals surface area contributed by atoms with Gasteiger partial charge in [-0.2, -0.15) is 0 Å². The number of hydrogen-bond donors (Lipinski definition) is 2. The van der Waals surface area contributed by atoms with Crippen LogP contribution in [-0.4, -0.2) is 30.0 Å². The van der Waals surface area contributed by atoms with E-state index in [0.29, 0.717) is 6.54 Å². The van der Waals surface area contributed by atoms with Crippen LogP contribution in [0.2, 0.25) is 0 Å². The molecule has 1 saturated heterocycles. The van der Waals surface area contributed by atoms with Gasteiger partial charge in [-0.25, -0.2) is 0 Å². The van der Waals surface area contributed by atoms with Gasteiger partial charge in [0, 0.05) is 30.1 Å². The van der Waals surface area contributed by atoms with Crippen LogP contribution in [-0.2, 0) is 11.2 Å². The Morgan fingerprint density at radius 1 is 1.26 bits per heavy atom. The zero-order valence-electron chi connectivity index (χ0n) is 13.3. The smallest absolute Gasteiger partial charge is 0.237 e. The first kappa shape index (κ1) is 14.6. The Morgan fingerprint density at radius 3 is 2.87 bits per heavy atom. The zero-order chi connectivity index (χ0) is 15.7. The second-order valence-electron chi connectivity index (χ2n) is 6.91. The van der Waals surface area contributed by atoms with Gasteiger partial charge in [-0.1, -0.05) is 31.0 Å². The van der Waals surface area contributed by atoms with Crippen molar-refractivity contribution in [1.82, 2.24) is 15.6 Å². The van der Waals surface area contributed by atoms with Crippen molar-refractivity contribution < 1.29 is 4.79 Å². The van der Waals surface area contributed by atoms with Crippen LogP contribution < -0.4 is 10.6 Å². The second-order valence-corrected chi connectivity index (χ2v) is 6.91. The van der Waals surface area contributed by atoms with Crippen molar-refractivity contribution in [2.24, 2.45) is 5.41 Å². The number of amides is 1. The van der Waals surface area contributed by atoms with E-state index in [2.05, 4.69) is 27.8 Å². The van der Waals surface area contributed by atoms with E-state index in [4.69, 9.17) is 0 Å². The van der Waals surface area contributed by atoms with Crippen LogP contribution in [0.25, 0.3) is 10.9 Å². The summed E-state index contributed by atoms with van der Waals surface area (Å²) < 4.78 is 0. The highest BCUT2D eigenvalue weighted by Gasteiger charge is 2.51. The van der Waals surface area contributed by atoms with E-state index in [-0.39, 0.29) is 17.4 Å². The Bertz CT molecular complexity index is 716. The quantitative estimate of drug-likeness (QED) is 0.912. The third-order valence-corrected chi connectivity index (χ3v) is 5.57. The number of carbonyl (C=O) groups excluding carboxylic acids is 1. The Hall–Kier alpha value is -1.94. The third-order valence-electron chi connectivity index (χ3n) is 5.57. The van der Waals surface area contributed by atoms with Crippen molar-refractivity contribution in [2.75, 3.05) is 13.1 Å². The molecule has 1 aliphatic heterocycles. The molecular formula is C19H23N3O. The van der Waals surface area contributed by atoms with E-state index >= 15 is 0 Å². The first-order valence-electron chi connectivity index (χ1n) is 8.62. The fraction of sp³-hybridized carbons (Fsp3) is 0.474. The SMILES string of the molecule is O=C(NCCc1ccnc2ccccc12)C1NCC12CCCC2. The molecule has 1 atom stereocenters. The summed E-state index contributed by atoms with van der Waals surface area (Å²) in [6.45, 7) is 1.70. The molecule has 4 nitrogen and oxygen atoms in total.